The third-order valence-corrected chi connectivity index (χ3v) is 3.71. The van der Waals surface area contributed by atoms with Gasteiger partial charge in [0.1, 0.15) is 5.82 Å². The van der Waals surface area contributed by atoms with Gasteiger partial charge in [-0.3, -0.25) is 0 Å². The van der Waals surface area contributed by atoms with E-state index in [2.05, 4.69) is 10.2 Å². The van der Waals surface area contributed by atoms with Crippen LogP contribution in [0.4, 0.5) is 13.2 Å². The summed E-state index contributed by atoms with van der Waals surface area (Å²) in [4.78, 5) is 2.39. The maximum absolute atomic E-state index is 13.4. The Kier molecular flexibility index (Phi) is 5.86. The van der Waals surface area contributed by atoms with Crippen LogP contribution in [-0.4, -0.2) is 31.1 Å². The van der Waals surface area contributed by atoms with E-state index >= 15 is 0 Å². The van der Waals surface area contributed by atoms with Gasteiger partial charge in [-0.1, -0.05) is 12.8 Å². The molecule has 0 amide bonds. The molecule has 1 aromatic rings. The highest BCUT2D eigenvalue weighted by Gasteiger charge is 2.10. The van der Waals surface area contributed by atoms with Gasteiger partial charge in [0.05, 0.1) is 0 Å². The molecule has 0 aliphatic carbocycles. The molecule has 1 heterocycles. The molecule has 2 rings (SSSR count). The van der Waals surface area contributed by atoms with Crippen LogP contribution in [0, 0.1) is 17.5 Å². The van der Waals surface area contributed by atoms with Crippen molar-refractivity contribution in [2.24, 2.45) is 0 Å². The molecule has 0 saturated carbocycles. The highest BCUT2D eigenvalue weighted by atomic mass is 19.2. The van der Waals surface area contributed by atoms with Crippen molar-refractivity contribution in [1.29, 1.82) is 0 Å². The second-order valence-corrected chi connectivity index (χ2v) is 5.29. The van der Waals surface area contributed by atoms with E-state index in [4.69, 9.17) is 0 Å². The molecule has 20 heavy (non-hydrogen) atoms. The number of hydrogen-bond acceptors (Lipinski definition) is 2. The van der Waals surface area contributed by atoms with E-state index < -0.39 is 17.5 Å². The maximum Gasteiger partial charge on any atom is 0.161 e. The Hall–Kier alpha value is -1.07. The minimum Gasteiger partial charge on any atom is -0.311 e. The average molecular weight is 286 g/mol. The smallest absolute Gasteiger partial charge is 0.161 e. The summed E-state index contributed by atoms with van der Waals surface area (Å²) in [6.07, 6.45) is 5.06. The van der Waals surface area contributed by atoms with Crippen LogP contribution >= 0.6 is 0 Å². The van der Waals surface area contributed by atoms with E-state index in [0.29, 0.717) is 6.07 Å². The highest BCUT2D eigenvalue weighted by Crippen LogP contribution is 2.13. The van der Waals surface area contributed by atoms with Crippen molar-refractivity contribution in [3.8, 4) is 0 Å². The van der Waals surface area contributed by atoms with Crippen LogP contribution in [0.15, 0.2) is 12.1 Å². The standard InChI is InChI=1S/C15H21F3N2/c16-13-10-15(18)14(17)9-12(13)11-19-5-8-20-6-3-1-2-4-7-20/h9-10,19H,1-8,11H2. The average Bonchev–Trinajstić information content (AvgIpc) is 2.69. The van der Waals surface area contributed by atoms with E-state index in [1.54, 1.807) is 0 Å². The van der Waals surface area contributed by atoms with Crippen LogP contribution in [0.3, 0.4) is 0 Å². The zero-order chi connectivity index (χ0) is 14.4. The summed E-state index contributed by atoms with van der Waals surface area (Å²) in [5, 5.41) is 3.09. The number of rotatable bonds is 5. The third-order valence-electron chi connectivity index (χ3n) is 3.71. The summed E-state index contributed by atoms with van der Waals surface area (Å²) < 4.78 is 39.2. The van der Waals surface area contributed by atoms with Gasteiger partial charge in [-0.15, -0.1) is 0 Å². The van der Waals surface area contributed by atoms with Crippen molar-refractivity contribution in [1.82, 2.24) is 10.2 Å². The van der Waals surface area contributed by atoms with E-state index in [1.807, 2.05) is 0 Å². The Morgan fingerprint density at radius 3 is 2.25 bits per heavy atom. The lowest BCUT2D eigenvalue weighted by molar-refractivity contribution is 0.284. The zero-order valence-corrected chi connectivity index (χ0v) is 11.6. The van der Waals surface area contributed by atoms with Gasteiger partial charge in [-0.2, -0.15) is 0 Å². The first-order valence-corrected chi connectivity index (χ1v) is 7.23. The molecule has 1 aromatic carbocycles. The van der Waals surface area contributed by atoms with Gasteiger partial charge in [-0.05, 0) is 32.0 Å². The largest absolute Gasteiger partial charge is 0.311 e. The van der Waals surface area contributed by atoms with Crippen molar-refractivity contribution in [3.05, 3.63) is 35.1 Å². The quantitative estimate of drug-likeness (QED) is 0.661. The predicted octanol–water partition coefficient (Wildman–Crippen LogP) is 3.07. The molecule has 0 aromatic heterocycles. The molecule has 112 valence electrons. The first-order valence-electron chi connectivity index (χ1n) is 7.23. The van der Waals surface area contributed by atoms with Crippen LogP contribution < -0.4 is 5.32 Å². The monoisotopic (exact) mass is 286 g/mol. The second kappa shape index (κ2) is 7.64. The minimum absolute atomic E-state index is 0.166. The van der Waals surface area contributed by atoms with Crippen LogP contribution in [0.1, 0.15) is 31.2 Å². The fourth-order valence-electron chi connectivity index (χ4n) is 2.52. The Labute approximate surface area is 118 Å². The topological polar surface area (TPSA) is 15.3 Å². The van der Waals surface area contributed by atoms with Crippen molar-refractivity contribution in [2.75, 3.05) is 26.2 Å². The van der Waals surface area contributed by atoms with Gasteiger partial charge in [0.25, 0.3) is 0 Å². The van der Waals surface area contributed by atoms with Gasteiger partial charge in [-0.25, -0.2) is 13.2 Å². The maximum atomic E-state index is 13.4. The number of nitrogens with zero attached hydrogens (tertiary/aromatic N) is 1. The predicted molar refractivity (Wildman–Crippen MR) is 72.9 cm³/mol. The molecule has 5 heteroatoms. The van der Waals surface area contributed by atoms with E-state index in [9.17, 15) is 13.2 Å². The lowest BCUT2D eigenvalue weighted by Gasteiger charge is -2.19. The third kappa shape index (κ3) is 4.49. The Morgan fingerprint density at radius 2 is 1.55 bits per heavy atom. The van der Waals surface area contributed by atoms with Crippen LogP contribution in [0.25, 0.3) is 0 Å². The van der Waals surface area contributed by atoms with Crippen LogP contribution in [0.5, 0.6) is 0 Å². The van der Waals surface area contributed by atoms with Crippen LogP contribution in [-0.2, 0) is 6.54 Å². The summed E-state index contributed by atoms with van der Waals surface area (Å²) in [6, 6.07) is 1.52. The molecule has 0 atom stereocenters. The van der Waals surface area contributed by atoms with Gasteiger partial charge >= 0.3 is 0 Å². The van der Waals surface area contributed by atoms with Crippen molar-refractivity contribution >= 4 is 0 Å². The highest BCUT2D eigenvalue weighted by molar-refractivity contribution is 5.19. The fraction of sp³-hybridized carbons (Fsp3) is 0.600. The molecule has 0 spiro atoms. The summed E-state index contributed by atoms with van der Waals surface area (Å²) in [6.45, 7) is 4.07. The van der Waals surface area contributed by atoms with Gasteiger partial charge in [0.2, 0.25) is 0 Å². The number of hydrogen-bond donors (Lipinski definition) is 1. The molecule has 1 N–H and O–H groups in total. The second-order valence-electron chi connectivity index (χ2n) is 5.29. The normalized spacial score (nSPS) is 17.1. The first-order chi connectivity index (χ1) is 9.66. The molecule has 1 saturated heterocycles. The summed E-state index contributed by atoms with van der Waals surface area (Å²) in [7, 11) is 0. The van der Waals surface area contributed by atoms with Gasteiger partial charge in [0, 0.05) is 31.3 Å². The minimum atomic E-state index is -1.14. The number of benzene rings is 1. The lowest BCUT2D eigenvalue weighted by atomic mass is 10.2. The van der Waals surface area contributed by atoms with Crippen molar-refractivity contribution < 1.29 is 13.2 Å². The van der Waals surface area contributed by atoms with Gasteiger partial charge < -0.3 is 10.2 Å². The number of nitrogens with one attached hydrogen (secondary N) is 1. The zero-order valence-electron chi connectivity index (χ0n) is 11.6. The summed E-state index contributed by atoms with van der Waals surface area (Å²) >= 11 is 0. The Morgan fingerprint density at radius 1 is 0.900 bits per heavy atom. The number of halogens is 3. The number of likely N-dealkylation sites (tertiary alicyclic amines) is 1. The van der Waals surface area contributed by atoms with E-state index in [0.717, 1.165) is 32.2 Å². The molecular weight excluding hydrogens is 265 g/mol. The molecule has 0 bridgehead atoms. The molecule has 1 aliphatic rings. The first kappa shape index (κ1) is 15.3. The van der Waals surface area contributed by atoms with Crippen molar-refractivity contribution in [2.45, 2.75) is 32.2 Å². The molecule has 1 fully saturated rings. The van der Waals surface area contributed by atoms with Crippen LogP contribution in [0.2, 0.25) is 0 Å². The summed E-state index contributed by atoms with van der Waals surface area (Å²) in [5.41, 5.74) is 0.166. The SMILES string of the molecule is Fc1cc(F)c(CNCCN2CCCCCC2)cc1F. The van der Waals surface area contributed by atoms with Gasteiger partial charge in [0.15, 0.2) is 11.6 Å². The molecule has 0 radical (unpaired) electrons. The van der Waals surface area contributed by atoms with Crippen molar-refractivity contribution in [3.63, 3.8) is 0 Å². The molecule has 0 unspecified atom stereocenters. The molecule has 1 aliphatic heterocycles. The summed E-state index contributed by atoms with van der Waals surface area (Å²) in [5.74, 6) is -2.85. The van der Waals surface area contributed by atoms with E-state index in [1.165, 1.54) is 25.7 Å². The lowest BCUT2D eigenvalue weighted by Crippen LogP contribution is -2.32. The molecular formula is C15H21F3N2. The Bertz CT molecular complexity index is 429. The fourth-order valence-corrected chi connectivity index (χ4v) is 2.52. The van der Waals surface area contributed by atoms with E-state index in [-0.39, 0.29) is 12.1 Å². The Balaban J connectivity index is 1.74. The molecule has 2 nitrogen and oxygen atoms in total.